The molecule has 3 rings (SSSR count). The van der Waals surface area contributed by atoms with Crippen LogP contribution in [0.3, 0.4) is 0 Å². The fourth-order valence-corrected chi connectivity index (χ4v) is 3.14. The maximum Gasteiger partial charge on any atom is 0.234 e. The number of aromatic nitrogens is 4. The third-order valence-electron chi connectivity index (χ3n) is 3.62. The van der Waals surface area contributed by atoms with Crippen molar-refractivity contribution in [2.45, 2.75) is 19.0 Å². The van der Waals surface area contributed by atoms with Crippen LogP contribution < -0.4 is 14.8 Å². The summed E-state index contributed by atoms with van der Waals surface area (Å²) in [7, 11) is 0. The first-order chi connectivity index (χ1) is 13.7. The average molecular weight is 399 g/mol. The molecule has 1 heterocycles. The molecule has 0 saturated carbocycles. The summed E-state index contributed by atoms with van der Waals surface area (Å²) in [6, 6.07) is 14.7. The molecule has 1 amide bonds. The minimum atomic E-state index is -0.151. The molecule has 0 aliphatic rings. The van der Waals surface area contributed by atoms with Gasteiger partial charge in [-0.05, 0) is 60.7 Å². The molecule has 0 aliphatic carbocycles. The quantitative estimate of drug-likeness (QED) is 0.553. The van der Waals surface area contributed by atoms with Crippen LogP contribution in [0.15, 0.2) is 53.7 Å². The molecular weight excluding hydrogens is 378 g/mol. The third kappa shape index (κ3) is 5.01. The lowest BCUT2D eigenvalue weighted by Crippen LogP contribution is -2.14. The van der Waals surface area contributed by atoms with Crippen molar-refractivity contribution in [3.05, 3.63) is 48.5 Å². The van der Waals surface area contributed by atoms with Gasteiger partial charge in [-0.3, -0.25) is 4.79 Å². The molecule has 1 N–H and O–H groups in total. The Bertz CT molecular complexity index is 914. The van der Waals surface area contributed by atoms with Crippen LogP contribution in [0.1, 0.15) is 13.8 Å². The summed E-state index contributed by atoms with van der Waals surface area (Å²) in [4.78, 5) is 12.3. The van der Waals surface area contributed by atoms with Gasteiger partial charge in [0.15, 0.2) is 0 Å². The summed E-state index contributed by atoms with van der Waals surface area (Å²) < 4.78 is 12.6. The molecule has 9 heteroatoms. The zero-order chi connectivity index (χ0) is 19.8. The van der Waals surface area contributed by atoms with Crippen LogP contribution in [0.5, 0.6) is 11.5 Å². The molecule has 0 atom stereocenters. The molecule has 28 heavy (non-hydrogen) atoms. The summed E-state index contributed by atoms with van der Waals surface area (Å²) >= 11 is 1.25. The second-order valence-corrected chi connectivity index (χ2v) is 6.51. The SMILES string of the molecule is CCOc1ccc(NC(=O)CSc2nnnn2-c2ccccc2OCC)cc1. The third-order valence-corrected chi connectivity index (χ3v) is 4.53. The van der Waals surface area contributed by atoms with E-state index < -0.39 is 0 Å². The van der Waals surface area contributed by atoms with Crippen LogP contribution in [0.25, 0.3) is 5.69 Å². The lowest BCUT2D eigenvalue weighted by Gasteiger charge is -2.10. The predicted molar refractivity (Wildman–Crippen MR) is 107 cm³/mol. The summed E-state index contributed by atoms with van der Waals surface area (Å²) in [5, 5.41) is 15.1. The van der Waals surface area contributed by atoms with Crippen LogP contribution in [-0.2, 0) is 4.79 Å². The van der Waals surface area contributed by atoms with Crippen molar-refractivity contribution in [2.24, 2.45) is 0 Å². The summed E-state index contributed by atoms with van der Waals surface area (Å²) in [6.07, 6.45) is 0. The monoisotopic (exact) mass is 399 g/mol. The van der Waals surface area contributed by atoms with E-state index >= 15 is 0 Å². The molecule has 0 radical (unpaired) electrons. The molecule has 0 saturated heterocycles. The minimum absolute atomic E-state index is 0.151. The second kappa shape index (κ2) is 9.75. The number of hydrogen-bond acceptors (Lipinski definition) is 7. The van der Waals surface area contributed by atoms with E-state index in [1.165, 1.54) is 11.8 Å². The van der Waals surface area contributed by atoms with Gasteiger partial charge in [0.1, 0.15) is 17.2 Å². The Hall–Kier alpha value is -3.07. The maximum absolute atomic E-state index is 12.3. The van der Waals surface area contributed by atoms with Crippen molar-refractivity contribution in [2.75, 3.05) is 24.3 Å². The highest BCUT2D eigenvalue weighted by Crippen LogP contribution is 2.26. The number of nitrogens with one attached hydrogen (secondary N) is 1. The van der Waals surface area contributed by atoms with Crippen molar-refractivity contribution < 1.29 is 14.3 Å². The Morgan fingerprint density at radius 2 is 1.82 bits per heavy atom. The van der Waals surface area contributed by atoms with Gasteiger partial charge in [0.05, 0.1) is 19.0 Å². The van der Waals surface area contributed by atoms with Gasteiger partial charge in [-0.2, -0.15) is 4.68 Å². The van der Waals surface area contributed by atoms with Crippen LogP contribution in [0.2, 0.25) is 0 Å². The first-order valence-electron chi connectivity index (χ1n) is 8.87. The number of nitrogens with zero attached hydrogens (tertiary/aromatic N) is 4. The zero-order valence-corrected chi connectivity index (χ0v) is 16.5. The molecule has 0 spiro atoms. The topological polar surface area (TPSA) is 91.2 Å². The Balaban J connectivity index is 1.63. The Morgan fingerprint density at radius 1 is 1.07 bits per heavy atom. The molecule has 0 fully saturated rings. The number of hydrogen-bond donors (Lipinski definition) is 1. The van der Waals surface area contributed by atoms with E-state index in [0.29, 0.717) is 29.8 Å². The van der Waals surface area contributed by atoms with Crippen LogP contribution in [0, 0.1) is 0 Å². The number of para-hydroxylation sites is 2. The fourth-order valence-electron chi connectivity index (χ4n) is 2.46. The van der Waals surface area contributed by atoms with E-state index in [4.69, 9.17) is 9.47 Å². The first kappa shape index (κ1) is 19.7. The molecular formula is C19H21N5O3S. The Kier molecular flexibility index (Phi) is 6.85. The van der Waals surface area contributed by atoms with Crippen LogP contribution in [-0.4, -0.2) is 45.1 Å². The average Bonchev–Trinajstić information content (AvgIpc) is 3.17. The Labute approximate surface area is 167 Å². The molecule has 0 aliphatic heterocycles. The molecule has 2 aromatic carbocycles. The lowest BCUT2D eigenvalue weighted by atomic mass is 10.3. The lowest BCUT2D eigenvalue weighted by molar-refractivity contribution is -0.113. The molecule has 0 bridgehead atoms. The van der Waals surface area contributed by atoms with Crippen molar-refractivity contribution in [3.8, 4) is 17.2 Å². The predicted octanol–water partition coefficient (Wildman–Crippen LogP) is 3.19. The number of thioether (sulfide) groups is 1. The molecule has 1 aromatic heterocycles. The van der Waals surface area contributed by atoms with Gasteiger partial charge in [0, 0.05) is 5.69 Å². The fraction of sp³-hybridized carbons (Fsp3) is 0.263. The van der Waals surface area contributed by atoms with Gasteiger partial charge in [0.2, 0.25) is 11.1 Å². The summed E-state index contributed by atoms with van der Waals surface area (Å²) in [5.74, 6) is 1.46. The number of tetrazole rings is 1. The number of anilines is 1. The molecule has 8 nitrogen and oxygen atoms in total. The smallest absolute Gasteiger partial charge is 0.234 e. The standard InChI is InChI=1S/C19H21N5O3S/c1-3-26-15-11-9-14(10-12-15)20-18(25)13-28-19-21-22-23-24(19)16-7-5-6-8-17(16)27-4-2/h5-12H,3-4,13H2,1-2H3,(H,20,25). The molecule has 3 aromatic rings. The normalized spacial score (nSPS) is 10.5. The van der Waals surface area contributed by atoms with E-state index in [1.54, 1.807) is 16.8 Å². The minimum Gasteiger partial charge on any atom is -0.494 e. The van der Waals surface area contributed by atoms with Crippen molar-refractivity contribution in [1.82, 2.24) is 20.2 Å². The van der Waals surface area contributed by atoms with Gasteiger partial charge in [-0.25, -0.2) is 0 Å². The molecule has 146 valence electrons. The van der Waals surface area contributed by atoms with E-state index in [1.807, 2.05) is 50.2 Å². The van der Waals surface area contributed by atoms with E-state index in [0.717, 1.165) is 11.4 Å². The second-order valence-electron chi connectivity index (χ2n) is 5.57. The van der Waals surface area contributed by atoms with E-state index in [9.17, 15) is 4.79 Å². The zero-order valence-electron chi connectivity index (χ0n) is 15.7. The highest BCUT2D eigenvalue weighted by atomic mass is 32.2. The molecule has 0 unspecified atom stereocenters. The largest absolute Gasteiger partial charge is 0.494 e. The first-order valence-corrected chi connectivity index (χ1v) is 9.86. The van der Waals surface area contributed by atoms with Gasteiger partial charge >= 0.3 is 0 Å². The number of rotatable bonds is 9. The highest BCUT2D eigenvalue weighted by molar-refractivity contribution is 7.99. The number of carbonyl (C=O) groups is 1. The van der Waals surface area contributed by atoms with Gasteiger partial charge in [-0.1, -0.05) is 23.9 Å². The maximum atomic E-state index is 12.3. The van der Waals surface area contributed by atoms with Crippen molar-refractivity contribution in [1.29, 1.82) is 0 Å². The van der Waals surface area contributed by atoms with Crippen LogP contribution >= 0.6 is 11.8 Å². The van der Waals surface area contributed by atoms with Crippen LogP contribution in [0.4, 0.5) is 5.69 Å². The summed E-state index contributed by atoms with van der Waals surface area (Å²) in [5.41, 5.74) is 1.43. The van der Waals surface area contributed by atoms with E-state index in [-0.39, 0.29) is 11.7 Å². The van der Waals surface area contributed by atoms with Gasteiger partial charge in [0.25, 0.3) is 0 Å². The van der Waals surface area contributed by atoms with Gasteiger partial charge < -0.3 is 14.8 Å². The summed E-state index contributed by atoms with van der Waals surface area (Å²) in [6.45, 7) is 4.97. The number of ether oxygens (including phenoxy) is 2. The van der Waals surface area contributed by atoms with Gasteiger partial charge in [-0.15, -0.1) is 5.10 Å². The van der Waals surface area contributed by atoms with E-state index in [2.05, 4.69) is 20.8 Å². The number of carbonyl (C=O) groups excluding carboxylic acids is 1. The van der Waals surface area contributed by atoms with Crippen molar-refractivity contribution >= 4 is 23.4 Å². The highest BCUT2D eigenvalue weighted by Gasteiger charge is 2.15. The number of benzene rings is 2. The van der Waals surface area contributed by atoms with Crippen molar-refractivity contribution in [3.63, 3.8) is 0 Å². The number of amides is 1. The Morgan fingerprint density at radius 3 is 2.57 bits per heavy atom.